The number of aryl methyl sites for hydroxylation is 2. The summed E-state index contributed by atoms with van der Waals surface area (Å²) in [5.41, 5.74) is 2.17. The predicted molar refractivity (Wildman–Crippen MR) is 99.0 cm³/mol. The van der Waals surface area contributed by atoms with Crippen LogP contribution in [0.5, 0.6) is 0 Å². The van der Waals surface area contributed by atoms with E-state index in [1.165, 1.54) is 4.88 Å². The molecule has 0 bridgehead atoms. The summed E-state index contributed by atoms with van der Waals surface area (Å²) in [5.74, 6) is 1.32. The first-order chi connectivity index (χ1) is 12.1. The summed E-state index contributed by atoms with van der Waals surface area (Å²) in [7, 11) is 0. The summed E-state index contributed by atoms with van der Waals surface area (Å²) < 4.78 is 5.57. The Morgan fingerprint density at radius 2 is 2.08 bits per heavy atom. The van der Waals surface area contributed by atoms with Crippen LogP contribution in [0.15, 0.2) is 18.3 Å². The molecular weight excluding hydrogens is 334 g/mol. The second-order valence-corrected chi connectivity index (χ2v) is 7.73. The lowest BCUT2D eigenvalue weighted by atomic mass is 9.91. The van der Waals surface area contributed by atoms with Crippen LogP contribution in [0.1, 0.15) is 57.3 Å². The number of nitrogens with zero attached hydrogens (tertiary/aromatic N) is 3. The lowest BCUT2D eigenvalue weighted by Crippen LogP contribution is -2.38. The summed E-state index contributed by atoms with van der Waals surface area (Å²) >= 11 is 1.57. The number of amides is 1. The number of piperidine rings is 1. The Morgan fingerprint density at radius 1 is 1.32 bits per heavy atom. The number of ether oxygens (including phenoxy) is 1. The molecule has 0 saturated carbocycles. The zero-order valence-electron chi connectivity index (χ0n) is 15.1. The molecule has 0 radical (unpaired) electrons. The van der Waals surface area contributed by atoms with Crippen molar-refractivity contribution in [3.63, 3.8) is 0 Å². The average molecular weight is 359 g/mol. The van der Waals surface area contributed by atoms with E-state index in [1.807, 2.05) is 44.0 Å². The van der Waals surface area contributed by atoms with Crippen LogP contribution >= 0.6 is 11.3 Å². The van der Waals surface area contributed by atoms with E-state index in [0.717, 1.165) is 47.9 Å². The third-order valence-corrected chi connectivity index (χ3v) is 5.59. The number of aromatic nitrogens is 2. The van der Waals surface area contributed by atoms with Crippen molar-refractivity contribution in [1.82, 2.24) is 14.9 Å². The first-order valence-electron chi connectivity index (χ1n) is 8.84. The maximum absolute atomic E-state index is 12.6. The van der Waals surface area contributed by atoms with Crippen molar-refractivity contribution in [1.29, 1.82) is 0 Å². The zero-order chi connectivity index (χ0) is 17.8. The summed E-state index contributed by atoms with van der Waals surface area (Å²) in [5, 5.41) is 0. The minimum absolute atomic E-state index is 0.157. The third kappa shape index (κ3) is 4.25. The van der Waals surface area contributed by atoms with Crippen molar-refractivity contribution in [3.8, 4) is 0 Å². The molecule has 0 spiro atoms. The summed E-state index contributed by atoms with van der Waals surface area (Å²) in [6.45, 7) is 8.73. The van der Waals surface area contributed by atoms with E-state index in [1.54, 1.807) is 11.3 Å². The van der Waals surface area contributed by atoms with Gasteiger partial charge < -0.3 is 9.64 Å². The van der Waals surface area contributed by atoms with Gasteiger partial charge in [-0.2, -0.15) is 0 Å². The Balaban J connectivity index is 1.68. The normalized spacial score (nSPS) is 15.6. The minimum atomic E-state index is 0.157. The highest BCUT2D eigenvalue weighted by molar-refractivity contribution is 7.13. The molecule has 1 aliphatic heterocycles. The lowest BCUT2D eigenvalue weighted by Gasteiger charge is -2.32. The standard InChI is InChI=1S/C19H25N3O2S/c1-4-24-12-16-11-20-14(3)21-18(16)15-7-9-22(10-8-15)19(23)17-6-5-13(2)25-17/h5-6,11,15H,4,7-10,12H2,1-3H3. The predicted octanol–water partition coefficient (Wildman–Crippen LogP) is 3.71. The first-order valence-corrected chi connectivity index (χ1v) is 9.66. The van der Waals surface area contributed by atoms with Gasteiger partial charge in [0.05, 0.1) is 17.2 Å². The molecule has 0 aromatic carbocycles. The fourth-order valence-corrected chi connectivity index (χ4v) is 4.09. The molecule has 0 N–H and O–H groups in total. The van der Waals surface area contributed by atoms with Crippen LogP contribution in [0.25, 0.3) is 0 Å². The molecule has 25 heavy (non-hydrogen) atoms. The summed E-state index contributed by atoms with van der Waals surface area (Å²) in [6, 6.07) is 3.94. The largest absolute Gasteiger partial charge is 0.377 e. The summed E-state index contributed by atoms with van der Waals surface area (Å²) in [6.07, 6.45) is 3.76. The number of carbonyl (C=O) groups excluding carboxylic acids is 1. The highest BCUT2D eigenvalue weighted by Gasteiger charge is 2.27. The van der Waals surface area contributed by atoms with Crippen LogP contribution in [-0.2, 0) is 11.3 Å². The van der Waals surface area contributed by atoms with Gasteiger partial charge in [-0.25, -0.2) is 9.97 Å². The Kier molecular flexibility index (Phi) is 5.81. The third-order valence-electron chi connectivity index (χ3n) is 4.60. The van der Waals surface area contributed by atoms with Crippen LogP contribution < -0.4 is 0 Å². The second kappa shape index (κ2) is 8.06. The molecule has 1 aliphatic rings. The molecule has 3 heterocycles. The molecule has 3 rings (SSSR count). The fraction of sp³-hybridized carbons (Fsp3) is 0.526. The fourth-order valence-electron chi connectivity index (χ4n) is 3.25. The van der Waals surface area contributed by atoms with E-state index < -0.39 is 0 Å². The van der Waals surface area contributed by atoms with Gasteiger partial charge >= 0.3 is 0 Å². The highest BCUT2D eigenvalue weighted by atomic mass is 32.1. The van der Waals surface area contributed by atoms with Crippen molar-refractivity contribution < 1.29 is 9.53 Å². The van der Waals surface area contributed by atoms with E-state index in [2.05, 4.69) is 9.97 Å². The Hall–Kier alpha value is -1.79. The molecule has 2 aromatic rings. The number of rotatable bonds is 5. The molecule has 1 saturated heterocycles. The summed E-state index contributed by atoms with van der Waals surface area (Å²) in [4.78, 5) is 25.6. The minimum Gasteiger partial charge on any atom is -0.377 e. The van der Waals surface area contributed by atoms with Gasteiger partial charge in [-0.3, -0.25) is 4.79 Å². The molecule has 1 amide bonds. The maximum Gasteiger partial charge on any atom is 0.263 e. The number of hydrogen-bond donors (Lipinski definition) is 0. The van der Waals surface area contributed by atoms with Crippen LogP contribution in [0, 0.1) is 13.8 Å². The molecular formula is C19H25N3O2S. The molecule has 0 unspecified atom stereocenters. The Morgan fingerprint density at radius 3 is 2.72 bits per heavy atom. The van der Waals surface area contributed by atoms with Crippen molar-refractivity contribution >= 4 is 17.2 Å². The first kappa shape index (κ1) is 18.0. The highest BCUT2D eigenvalue weighted by Crippen LogP contribution is 2.30. The van der Waals surface area contributed by atoms with Crippen molar-refractivity contribution in [2.75, 3.05) is 19.7 Å². The molecule has 2 aromatic heterocycles. The zero-order valence-corrected chi connectivity index (χ0v) is 15.9. The molecule has 0 atom stereocenters. The van der Waals surface area contributed by atoms with Crippen molar-refractivity contribution in [2.45, 2.75) is 46.1 Å². The van der Waals surface area contributed by atoms with E-state index in [0.29, 0.717) is 19.1 Å². The molecule has 6 heteroatoms. The van der Waals surface area contributed by atoms with Gasteiger partial charge in [0, 0.05) is 42.3 Å². The van der Waals surface area contributed by atoms with Crippen LogP contribution in [-0.4, -0.2) is 40.5 Å². The number of likely N-dealkylation sites (tertiary alicyclic amines) is 1. The number of carbonyl (C=O) groups is 1. The topological polar surface area (TPSA) is 55.3 Å². The van der Waals surface area contributed by atoms with Gasteiger partial charge in [0.2, 0.25) is 0 Å². The molecule has 1 fully saturated rings. The van der Waals surface area contributed by atoms with Gasteiger partial charge in [-0.05, 0) is 45.7 Å². The maximum atomic E-state index is 12.6. The van der Waals surface area contributed by atoms with E-state index in [9.17, 15) is 4.79 Å². The van der Waals surface area contributed by atoms with E-state index in [4.69, 9.17) is 4.74 Å². The lowest BCUT2D eigenvalue weighted by molar-refractivity contribution is 0.0715. The van der Waals surface area contributed by atoms with Crippen LogP contribution in [0.4, 0.5) is 0 Å². The second-order valence-electron chi connectivity index (χ2n) is 6.44. The molecule has 5 nitrogen and oxygen atoms in total. The van der Waals surface area contributed by atoms with E-state index >= 15 is 0 Å². The molecule has 0 aliphatic carbocycles. The number of hydrogen-bond acceptors (Lipinski definition) is 5. The SMILES string of the molecule is CCOCc1cnc(C)nc1C1CCN(C(=O)c2ccc(C)s2)CC1. The van der Waals surface area contributed by atoms with Crippen molar-refractivity contribution in [2.24, 2.45) is 0 Å². The van der Waals surface area contributed by atoms with E-state index in [-0.39, 0.29) is 5.91 Å². The average Bonchev–Trinajstić information content (AvgIpc) is 3.06. The van der Waals surface area contributed by atoms with Crippen LogP contribution in [0.2, 0.25) is 0 Å². The van der Waals surface area contributed by atoms with Gasteiger partial charge in [0.1, 0.15) is 5.82 Å². The Bertz CT molecular complexity index is 736. The van der Waals surface area contributed by atoms with Gasteiger partial charge in [0.25, 0.3) is 5.91 Å². The molecule has 134 valence electrons. The number of thiophene rings is 1. The van der Waals surface area contributed by atoms with Gasteiger partial charge in [-0.15, -0.1) is 11.3 Å². The van der Waals surface area contributed by atoms with Crippen molar-refractivity contribution in [3.05, 3.63) is 45.2 Å². The smallest absolute Gasteiger partial charge is 0.263 e. The Labute approximate surface area is 153 Å². The quantitative estimate of drug-likeness (QED) is 0.817. The van der Waals surface area contributed by atoms with Crippen LogP contribution in [0.3, 0.4) is 0 Å². The van der Waals surface area contributed by atoms with Gasteiger partial charge in [0.15, 0.2) is 0 Å². The monoisotopic (exact) mass is 359 g/mol. The van der Waals surface area contributed by atoms with Gasteiger partial charge in [-0.1, -0.05) is 0 Å².